The van der Waals surface area contributed by atoms with E-state index in [1.54, 1.807) is 0 Å². The lowest BCUT2D eigenvalue weighted by molar-refractivity contribution is 0.439. The first-order valence-electron chi connectivity index (χ1n) is 4.46. The van der Waals surface area contributed by atoms with Gasteiger partial charge in [0.1, 0.15) is 0 Å². The van der Waals surface area contributed by atoms with Crippen LogP contribution in [-0.2, 0) is 16.8 Å². The molecule has 0 radical (unpaired) electrons. The molecule has 0 unspecified atom stereocenters. The lowest BCUT2D eigenvalue weighted by atomic mass is 10.2. The molecule has 0 bridgehead atoms. The minimum Gasteiger partial charge on any atom is -0.216 e. The van der Waals surface area contributed by atoms with E-state index in [1.807, 2.05) is 30.3 Å². The van der Waals surface area contributed by atoms with Gasteiger partial charge in [-0.05, 0) is 5.56 Å². The second-order valence-electron chi connectivity index (χ2n) is 3.11. The summed E-state index contributed by atoms with van der Waals surface area (Å²) >= 11 is 0. The first-order valence-corrected chi connectivity index (χ1v) is 5.97. The predicted molar refractivity (Wildman–Crippen MR) is 60.2 cm³/mol. The molecule has 5 heteroatoms. The lowest BCUT2D eigenvalue weighted by Crippen LogP contribution is -2.36. The first kappa shape index (κ1) is 11.9. The zero-order valence-electron chi connectivity index (χ0n) is 8.33. The molecule has 0 atom stereocenters. The van der Waals surface area contributed by atoms with Crippen LogP contribution in [0.3, 0.4) is 0 Å². The highest BCUT2D eigenvalue weighted by Crippen LogP contribution is 2.06. The highest BCUT2D eigenvalue weighted by atomic mass is 32.2. The van der Waals surface area contributed by atoms with Crippen molar-refractivity contribution in [2.45, 2.75) is 6.54 Å². The Morgan fingerprint density at radius 2 is 1.93 bits per heavy atom. The molecule has 0 aliphatic carbocycles. The normalized spacial score (nSPS) is 11.6. The van der Waals surface area contributed by atoms with E-state index in [-0.39, 0.29) is 13.1 Å². The zero-order valence-corrected chi connectivity index (χ0v) is 9.15. The van der Waals surface area contributed by atoms with Crippen LogP contribution in [0, 0.1) is 0 Å². The third kappa shape index (κ3) is 3.83. The Balaban J connectivity index is 2.81. The van der Waals surface area contributed by atoms with Gasteiger partial charge in [0.05, 0.1) is 0 Å². The molecular formula is C10H14N2O2S. The Morgan fingerprint density at radius 3 is 2.40 bits per heavy atom. The van der Waals surface area contributed by atoms with Gasteiger partial charge in [-0.2, -0.15) is 12.7 Å². The summed E-state index contributed by atoms with van der Waals surface area (Å²) in [5.74, 6) is 0. The number of nitrogens with zero attached hydrogens (tertiary/aromatic N) is 1. The van der Waals surface area contributed by atoms with Crippen LogP contribution in [0.1, 0.15) is 5.56 Å². The third-order valence-electron chi connectivity index (χ3n) is 1.89. The van der Waals surface area contributed by atoms with Crippen molar-refractivity contribution in [3.05, 3.63) is 48.6 Å². The summed E-state index contributed by atoms with van der Waals surface area (Å²) in [7, 11) is -3.66. The molecule has 0 heterocycles. The van der Waals surface area contributed by atoms with Crippen LogP contribution >= 0.6 is 0 Å². The molecule has 4 nitrogen and oxygen atoms in total. The molecular weight excluding hydrogens is 212 g/mol. The Kier molecular flexibility index (Phi) is 4.02. The van der Waals surface area contributed by atoms with Crippen LogP contribution in [0.5, 0.6) is 0 Å². The Morgan fingerprint density at radius 1 is 1.33 bits per heavy atom. The predicted octanol–water partition coefficient (Wildman–Crippen LogP) is 0.878. The maximum Gasteiger partial charge on any atom is 0.277 e. The van der Waals surface area contributed by atoms with Gasteiger partial charge in [0.2, 0.25) is 0 Å². The van der Waals surface area contributed by atoms with Crippen molar-refractivity contribution >= 4 is 10.2 Å². The third-order valence-corrected chi connectivity index (χ3v) is 2.89. The monoisotopic (exact) mass is 226 g/mol. The fourth-order valence-corrected chi connectivity index (χ4v) is 1.83. The summed E-state index contributed by atoms with van der Waals surface area (Å²) in [5.41, 5.74) is 0.897. The van der Waals surface area contributed by atoms with Crippen LogP contribution < -0.4 is 5.14 Å². The second-order valence-corrected chi connectivity index (χ2v) is 4.66. The quantitative estimate of drug-likeness (QED) is 0.757. The van der Waals surface area contributed by atoms with Gasteiger partial charge in [-0.3, -0.25) is 0 Å². The van der Waals surface area contributed by atoms with Gasteiger partial charge < -0.3 is 0 Å². The number of benzene rings is 1. The van der Waals surface area contributed by atoms with E-state index in [9.17, 15) is 8.42 Å². The van der Waals surface area contributed by atoms with Crippen LogP contribution in [0.25, 0.3) is 0 Å². The van der Waals surface area contributed by atoms with Crippen molar-refractivity contribution in [1.29, 1.82) is 0 Å². The van der Waals surface area contributed by atoms with Crippen molar-refractivity contribution in [3.63, 3.8) is 0 Å². The smallest absolute Gasteiger partial charge is 0.216 e. The van der Waals surface area contributed by atoms with E-state index in [2.05, 4.69) is 6.58 Å². The molecule has 1 aromatic carbocycles. The molecule has 1 aromatic rings. The fourth-order valence-electron chi connectivity index (χ4n) is 1.19. The standard InChI is InChI=1S/C10H14N2O2S/c1-2-8-12(15(11,13)14)9-10-6-4-3-5-7-10/h2-7H,1,8-9H2,(H2,11,13,14). The Hall–Kier alpha value is -1.17. The lowest BCUT2D eigenvalue weighted by Gasteiger charge is -2.17. The first-order chi connectivity index (χ1) is 7.04. The molecule has 0 amide bonds. The molecule has 1 rings (SSSR count). The fraction of sp³-hybridized carbons (Fsp3) is 0.200. The number of hydrogen-bond donors (Lipinski definition) is 1. The average molecular weight is 226 g/mol. The van der Waals surface area contributed by atoms with E-state index in [0.29, 0.717) is 0 Å². The molecule has 0 fully saturated rings. The van der Waals surface area contributed by atoms with Crippen LogP contribution in [-0.4, -0.2) is 19.3 Å². The number of hydrogen-bond acceptors (Lipinski definition) is 2. The van der Waals surface area contributed by atoms with Crippen LogP contribution in [0.15, 0.2) is 43.0 Å². The number of nitrogens with two attached hydrogens (primary N) is 1. The minimum absolute atomic E-state index is 0.216. The summed E-state index contributed by atoms with van der Waals surface area (Å²) in [6, 6.07) is 9.27. The van der Waals surface area contributed by atoms with Gasteiger partial charge in [-0.25, -0.2) is 5.14 Å². The van der Waals surface area contributed by atoms with Crippen LogP contribution in [0.4, 0.5) is 0 Å². The van der Waals surface area contributed by atoms with Crippen LogP contribution in [0.2, 0.25) is 0 Å². The molecule has 0 spiro atoms. The molecule has 82 valence electrons. The van der Waals surface area contributed by atoms with E-state index >= 15 is 0 Å². The van der Waals surface area contributed by atoms with Gasteiger partial charge in [0.15, 0.2) is 0 Å². The van der Waals surface area contributed by atoms with E-state index < -0.39 is 10.2 Å². The number of rotatable bonds is 5. The molecule has 2 N–H and O–H groups in total. The highest BCUT2D eigenvalue weighted by molar-refractivity contribution is 7.86. The van der Waals surface area contributed by atoms with Gasteiger partial charge in [0.25, 0.3) is 10.2 Å². The summed E-state index contributed by atoms with van der Waals surface area (Å²) < 4.78 is 23.5. The summed E-state index contributed by atoms with van der Waals surface area (Å²) in [5, 5.41) is 5.06. The summed E-state index contributed by atoms with van der Waals surface area (Å²) in [6.07, 6.45) is 1.51. The van der Waals surface area contributed by atoms with Crippen molar-refractivity contribution in [2.75, 3.05) is 6.54 Å². The summed E-state index contributed by atoms with van der Waals surface area (Å²) in [6.45, 7) is 3.98. The van der Waals surface area contributed by atoms with Crippen molar-refractivity contribution in [1.82, 2.24) is 4.31 Å². The second kappa shape index (κ2) is 5.06. The zero-order chi connectivity index (χ0) is 11.3. The van der Waals surface area contributed by atoms with Gasteiger partial charge in [0, 0.05) is 13.1 Å². The van der Waals surface area contributed by atoms with Crippen molar-refractivity contribution in [2.24, 2.45) is 5.14 Å². The van der Waals surface area contributed by atoms with Crippen molar-refractivity contribution in [3.8, 4) is 0 Å². The van der Waals surface area contributed by atoms with Gasteiger partial charge >= 0.3 is 0 Å². The molecule has 0 aliphatic heterocycles. The minimum atomic E-state index is -3.66. The van der Waals surface area contributed by atoms with E-state index in [1.165, 1.54) is 6.08 Å². The Labute approximate surface area is 90.2 Å². The average Bonchev–Trinajstić information content (AvgIpc) is 2.17. The molecule has 0 aromatic heterocycles. The summed E-state index contributed by atoms with van der Waals surface area (Å²) in [4.78, 5) is 0. The molecule has 0 saturated carbocycles. The Bertz CT molecular complexity index is 414. The molecule has 15 heavy (non-hydrogen) atoms. The largest absolute Gasteiger partial charge is 0.277 e. The molecule has 0 saturated heterocycles. The van der Waals surface area contributed by atoms with E-state index in [0.717, 1.165) is 9.87 Å². The van der Waals surface area contributed by atoms with E-state index in [4.69, 9.17) is 5.14 Å². The topological polar surface area (TPSA) is 63.4 Å². The maximum atomic E-state index is 11.2. The highest BCUT2D eigenvalue weighted by Gasteiger charge is 2.15. The maximum absolute atomic E-state index is 11.2. The van der Waals surface area contributed by atoms with Gasteiger partial charge in [-0.1, -0.05) is 36.4 Å². The molecule has 0 aliphatic rings. The van der Waals surface area contributed by atoms with Gasteiger partial charge in [-0.15, -0.1) is 6.58 Å². The van der Waals surface area contributed by atoms with Crippen molar-refractivity contribution < 1.29 is 8.42 Å². The SMILES string of the molecule is C=CCN(Cc1ccccc1)S(N)(=O)=O.